The van der Waals surface area contributed by atoms with Gasteiger partial charge in [-0.3, -0.25) is 4.79 Å². The van der Waals surface area contributed by atoms with Crippen LogP contribution in [0.25, 0.3) is 10.8 Å². The average Bonchev–Trinajstić information content (AvgIpc) is 2.47. The molecule has 2 heterocycles. The lowest BCUT2D eigenvalue weighted by atomic mass is 10.0. The first-order valence-corrected chi connectivity index (χ1v) is 7.57. The number of pyridine rings is 1. The second-order valence-corrected chi connectivity index (χ2v) is 6.25. The highest BCUT2D eigenvalue weighted by Gasteiger charge is 2.20. The predicted octanol–water partition coefficient (Wildman–Crippen LogP) is 2.33. The molecule has 0 bridgehead atoms. The van der Waals surface area contributed by atoms with Crippen LogP contribution in [0.1, 0.15) is 18.9 Å². The summed E-state index contributed by atoms with van der Waals surface area (Å²) in [4.78, 5) is 17.1. The van der Waals surface area contributed by atoms with E-state index in [9.17, 15) is 4.79 Å². The average molecular weight is 285 g/mol. The van der Waals surface area contributed by atoms with Crippen molar-refractivity contribution in [1.29, 1.82) is 0 Å². The third-order valence-electron chi connectivity index (χ3n) is 4.42. The van der Waals surface area contributed by atoms with E-state index in [0.717, 1.165) is 42.4 Å². The Kier molecular flexibility index (Phi) is 3.72. The van der Waals surface area contributed by atoms with Crippen molar-refractivity contribution >= 4 is 16.5 Å². The number of hydrogen-bond donors (Lipinski definition) is 0. The van der Waals surface area contributed by atoms with Crippen molar-refractivity contribution < 1.29 is 0 Å². The van der Waals surface area contributed by atoms with Crippen molar-refractivity contribution in [1.82, 2.24) is 9.47 Å². The van der Waals surface area contributed by atoms with Crippen LogP contribution >= 0.6 is 0 Å². The van der Waals surface area contributed by atoms with Gasteiger partial charge in [0.2, 0.25) is 0 Å². The molecule has 1 atom stereocenters. The van der Waals surface area contributed by atoms with Gasteiger partial charge in [-0.15, -0.1) is 0 Å². The van der Waals surface area contributed by atoms with Gasteiger partial charge in [0.05, 0.1) is 0 Å². The van der Waals surface area contributed by atoms with Crippen molar-refractivity contribution in [3.63, 3.8) is 0 Å². The maximum absolute atomic E-state index is 12.7. The minimum Gasteiger partial charge on any atom is -0.378 e. The number of likely N-dealkylation sites (tertiary alicyclic amines) is 1. The lowest BCUT2D eigenvalue weighted by Crippen LogP contribution is -2.37. The molecule has 0 amide bonds. The number of rotatable bonds is 2. The quantitative estimate of drug-likeness (QED) is 0.848. The van der Waals surface area contributed by atoms with Gasteiger partial charge in [0.1, 0.15) is 0 Å². The van der Waals surface area contributed by atoms with E-state index < -0.39 is 0 Å². The second kappa shape index (κ2) is 5.53. The summed E-state index contributed by atoms with van der Waals surface area (Å²) in [5.74, 6) is 0. The summed E-state index contributed by atoms with van der Waals surface area (Å²) >= 11 is 0. The fraction of sp³-hybridized carbons (Fsp3) is 0.471. The molecule has 0 radical (unpaired) electrons. The van der Waals surface area contributed by atoms with E-state index in [0.29, 0.717) is 6.04 Å². The molecule has 4 nitrogen and oxygen atoms in total. The van der Waals surface area contributed by atoms with Crippen molar-refractivity contribution in [2.75, 3.05) is 39.1 Å². The molecular formula is C17H23N3O. The van der Waals surface area contributed by atoms with Gasteiger partial charge in [-0.1, -0.05) is 0 Å². The van der Waals surface area contributed by atoms with Gasteiger partial charge in [-0.05, 0) is 56.1 Å². The topological polar surface area (TPSA) is 28.5 Å². The van der Waals surface area contributed by atoms with E-state index in [1.54, 1.807) is 0 Å². The maximum atomic E-state index is 12.7. The Morgan fingerprint density at radius 1 is 1.24 bits per heavy atom. The normalized spacial score (nSPS) is 19.9. The Labute approximate surface area is 125 Å². The molecule has 1 aliphatic rings. The molecule has 0 spiro atoms. The molecule has 0 unspecified atom stereocenters. The number of fused-ring (bicyclic) bond motifs is 1. The molecule has 0 aliphatic carbocycles. The molecule has 1 aromatic heterocycles. The van der Waals surface area contributed by atoms with E-state index in [2.05, 4.69) is 29.0 Å². The van der Waals surface area contributed by atoms with Gasteiger partial charge in [-0.2, -0.15) is 0 Å². The predicted molar refractivity (Wildman–Crippen MR) is 88.3 cm³/mol. The minimum absolute atomic E-state index is 0.137. The number of likely N-dealkylation sites (N-methyl/N-ethyl adjacent to an activating group) is 1. The zero-order chi connectivity index (χ0) is 15.0. The van der Waals surface area contributed by atoms with Crippen molar-refractivity contribution in [3.05, 3.63) is 40.8 Å². The Morgan fingerprint density at radius 3 is 2.76 bits per heavy atom. The first kappa shape index (κ1) is 14.1. The molecule has 1 saturated heterocycles. The first-order chi connectivity index (χ1) is 10.1. The van der Waals surface area contributed by atoms with Crippen molar-refractivity contribution in [3.8, 4) is 0 Å². The largest absolute Gasteiger partial charge is 0.378 e. The van der Waals surface area contributed by atoms with Crippen LogP contribution in [-0.4, -0.2) is 43.7 Å². The molecule has 1 fully saturated rings. The maximum Gasteiger partial charge on any atom is 0.258 e. The summed E-state index contributed by atoms with van der Waals surface area (Å²) in [6, 6.07) is 8.41. The third-order valence-corrected chi connectivity index (χ3v) is 4.42. The fourth-order valence-corrected chi connectivity index (χ4v) is 3.18. The van der Waals surface area contributed by atoms with Gasteiger partial charge < -0.3 is 14.4 Å². The van der Waals surface area contributed by atoms with E-state index in [1.807, 2.05) is 37.0 Å². The molecule has 1 aromatic carbocycles. The zero-order valence-electron chi connectivity index (χ0n) is 13.0. The van der Waals surface area contributed by atoms with E-state index in [-0.39, 0.29) is 5.56 Å². The standard InChI is InChI=1S/C17H23N3O/c1-18(2)14-6-7-16-13(11-14)8-10-20(17(16)21)15-5-4-9-19(3)12-15/h6-8,10-11,15H,4-5,9,12H2,1-3H3/t15-/m1/s1. The van der Waals surface area contributed by atoms with Gasteiger partial charge in [0, 0.05) is 44.0 Å². The fourth-order valence-electron chi connectivity index (χ4n) is 3.18. The van der Waals surface area contributed by atoms with Crippen molar-refractivity contribution in [2.24, 2.45) is 0 Å². The van der Waals surface area contributed by atoms with Gasteiger partial charge in [-0.25, -0.2) is 0 Å². The third kappa shape index (κ3) is 2.68. The molecule has 0 N–H and O–H groups in total. The molecule has 2 aromatic rings. The summed E-state index contributed by atoms with van der Waals surface area (Å²) in [7, 11) is 6.15. The van der Waals surface area contributed by atoms with Crippen LogP contribution in [-0.2, 0) is 0 Å². The summed E-state index contributed by atoms with van der Waals surface area (Å²) in [6.07, 6.45) is 4.21. The highest BCUT2D eigenvalue weighted by atomic mass is 16.1. The van der Waals surface area contributed by atoms with Crippen LogP contribution in [0, 0.1) is 0 Å². The molecule has 1 aliphatic heterocycles. The van der Waals surface area contributed by atoms with Gasteiger partial charge >= 0.3 is 0 Å². The lowest BCUT2D eigenvalue weighted by molar-refractivity contribution is 0.210. The number of piperidine rings is 1. The SMILES string of the molecule is CN1CCC[C@@H](n2ccc3cc(N(C)C)ccc3c2=O)C1. The first-order valence-electron chi connectivity index (χ1n) is 7.57. The van der Waals surface area contributed by atoms with Crippen LogP contribution in [0.5, 0.6) is 0 Å². The minimum atomic E-state index is 0.137. The zero-order valence-corrected chi connectivity index (χ0v) is 13.0. The highest BCUT2D eigenvalue weighted by Crippen LogP contribution is 2.22. The van der Waals surface area contributed by atoms with Crippen LogP contribution in [0.4, 0.5) is 5.69 Å². The number of benzene rings is 1. The van der Waals surface area contributed by atoms with Crippen LogP contribution in [0.15, 0.2) is 35.3 Å². The van der Waals surface area contributed by atoms with Crippen LogP contribution in [0.3, 0.4) is 0 Å². The summed E-state index contributed by atoms with van der Waals surface area (Å²) in [6.45, 7) is 2.09. The highest BCUT2D eigenvalue weighted by molar-refractivity contribution is 5.85. The van der Waals surface area contributed by atoms with E-state index >= 15 is 0 Å². The molecule has 0 saturated carbocycles. The number of nitrogens with zero attached hydrogens (tertiary/aromatic N) is 3. The molecule has 4 heteroatoms. The Bertz CT molecular complexity index is 705. The monoisotopic (exact) mass is 285 g/mol. The van der Waals surface area contributed by atoms with Crippen molar-refractivity contribution in [2.45, 2.75) is 18.9 Å². The summed E-state index contributed by atoms with van der Waals surface area (Å²) in [5, 5.41) is 1.84. The number of aromatic nitrogens is 1. The Morgan fingerprint density at radius 2 is 2.05 bits per heavy atom. The van der Waals surface area contributed by atoms with Gasteiger partial charge in [0.15, 0.2) is 0 Å². The van der Waals surface area contributed by atoms with Gasteiger partial charge in [0.25, 0.3) is 5.56 Å². The molecular weight excluding hydrogens is 262 g/mol. The Balaban J connectivity index is 2.04. The molecule has 3 rings (SSSR count). The summed E-state index contributed by atoms with van der Waals surface area (Å²) in [5.41, 5.74) is 1.26. The number of hydrogen-bond acceptors (Lipinski definition) is 3. The van der Waals surface area contributed by atoms with E-state index in [4.69, 9.17) is 0 Å². The van der Waals surface area contributed by atoms with E-state index in [1.165, 1.54) is 0 Å². The van der Waals surface area contributed by atoms with Crippen LogP contribution in [0.2, 0.25) is 0 Å². The second-order valence-electron chi connectivity index (χ2n) is 6.25. The molecule has 21 heavy (non-hydrogen) atoms. The molecule has 112 valence electrons. The smallest absolute Gasteiger partial charge is 0.258 e. The Hall–Kier alpha value is -1.81. The lowest BCUT2D eigenvalue weighted by Gasteiger charge is -2.31. The number of anilines is 1. The van der Waals surface area contributed by atoms with Crippen LogP contribution < -0.4 is 10.5 Å². The summed E-state index contributed by atoms with van der Waals surface area (Å²) < 4.78 is 1.92.